The first-order valence-electron chi connectivity index (χ1n) is 10.1. The molecular formula is C23H28N4O2. The highest BCUT2D eigenvalue weighted by molar-refractivity contribution is 5.80. The molecule has 29 heavy (non-hydrogen) atoms. The van der Waals surface area contributed by atoms with Crippen LogP contribution < -0.4 is 10.6 Å². The zero-order chi connectivity index (χ0) is 20.6. The minimum Gasteiger partial charge on any atom is -0.355 e. The summed E-state index contributed by atoms with van der Waals surface area (Å²) in [5.41, 5.74) is 2.80. The Bertz CT molecular complexity index is 917. The van der Waals surface area contributed by atoms with Gasteiger partial charge in [-0.15, -0.1) is 0 Å². The standard InChI is InChI=1S/C23H28N4O2/c1-16(2)14-20(23-26-18-10-6-7-11-19(18)27-23)25-21(28)12-13-24-22(29)15-17-8-4-3-5-9-17/h3-11,16,20H,12-15H2,1-2H3,(H,24,29)(H,25,28)(H,26,27). The number of nitrogens with one attached hydrogen (secondary N) is 3. The Morgan fingerprint density at radius 2 is 1.72 bits per heavy atom. The van der Waals surface area contributed by atoms with E-state index >= 15 is 0 Å². The zero-order valence-electron chi connectivity index (χ0n) is 16.9. The van der Waals surface area contributed by atoms with E-state index in [9.17, 15) is 9.59 Å². The number of fused-ring (bicyclic) bond motifs is 1. The topological polar surface area (TPSA) is 86.9 Å². The smallest absolute Gasteiger partial charge is 0.224 e. The van der Waals surface area contributed by atoms with Crippen LogP contribution in [-0.2, 0) is 16.0 Å². The van der Waals surface area contributed by atoms with Gasteiger partial charge in [-0.3, -0.25) is 9.59 Å². The molecule has 2 aromatic carbocycles. The van der Waals surface area contributed by atoms with E-state index in [1.165, 1.54) is 0 Å². The van der Waals surface area contributed by atoms with Gasteiger partial charge in [-0.05, 0) is 30.0 Å². The molecule has 6 heteroatoms. The monoisotopic (exact) mass is 392 g/mol. The molecule has 3 rings (SSSR count). The number of aromatic amines is 1. The van der Waals surface area contributed by atoms with E-state index in [0.29, 0.717) is 18.9 Å². The molecule has 0 aliphatic heterocycles. The molecule has 0 radical (unpaired) electrons. The number of para-hydroxylation sites is 2. The van der Waals surface area contributed by atoms with Gasteiger partial charge in [0.25, 0.3) is 0 Å². The molecule has 1 aromatic heterocycles. The van der Waals surface area contributed by atoms with Crippen LogP contribution in [0.3, 0.4) is 0 Å². The molecule has 0 aliphatic carbocycles. The van der Waals surface area contributed by atoms with E-state index in [-0.39, 0.29) is 24.3 Å². The van der Waals surface area contributed by atoms with Crippen molar-refractivity contribution in [1.29, 1.82) is 0 Å². The largest absolute Gasteiger partial charge is 0.355 e. The van der Waals surface area contributed by atoms with Crippen LogP contribution in [0.4, 0.5) is 0 Å². The number of amides is 2. The molecule has 3 aromatic rings. The highest BCUT2D eigenvalue weighted by Crippen LogP contribution is 2.22. The molecule has 0 bridgehead atoms. The number of hydrogen-bond donors (Lipinski definition) is 3. The van der Waals surface area contributed by atoms with E-state index in [1.807, 2.05) is 54.6 Å². The lowest BCUT2D eigenvalue weighted by Gasteiger charge is -2.19. The molecule has 6 nitrogen and oxygen atoms in total. The molecular weight excluding hydrogens is 364 g/mol. The maximum atomic E-state index is 12.5. The van der Waals surface area contributed by atoms with Gasteiger partial charge in [0.15, 0.2) is 0 Å². The fourth-order valence-electron chi connectivity index (χ4n) is 3.27. The third kappa shape index (κ3) is 6.17. The van der Waals surface area contributed by atoms with Crippen molar-refractivity contribution in [1.82, 2.24) is 20.6 Å². The van der Waals surface area contributed by atoms with Crippen LogP contribution in [0.15, 0.2) is 54.6 Å². The van der Waals surface area contributed by atoms with Gasteiger partial charge in [-0.2, -0.15) is 0 Å². The van der Waals surface area contributed by atoms with Gasteiger partial charge in [0.1, 0.15) is 5.82 Å². The quantitative estimate of drug-likeness (QED) is 0.521. The molecule has 1 atom stereocenters. The number of nitrogens with zero attached hydrogens (tertiary/aromatic N) is 1. The molecule has 0 fully saturated rings. The number of carbonyl (C=O) groups is 2. The number of H-pyrrole nitrogens is 1. The first-order chi connectivity index (χ1) is 14.0. The Hall–Kier alpha value is -3.15. The van der Waals surface area contributed by atoms with E-state index < -0.39 is 0 Å². The number of imidazole rings is 1. The third-order valence-corrected chi connectivity index (χ3v) is 4.66. The minimum absolute atomic E-state index is 0.0833. The third-order valence-electron chi connectivity index (χ3n) is 4.66. The van der Waals surface area contributed by atoms with E-state index in [2.05, 4.69) is 34.4 Å². The number of carbonyl (C=O) groups excluding carboxylic acids is 2. The summed E-state index contributed by atoms with van der Waals surface area (Å²) in [5.74, 6) is 0.983. The number of rotatable bonds is 9. The summed E-state index contributed by atoms with van der Waals surface area (Å²) in [5, 5.41) is 5.88. The predicted octanol–water partition coefficient (Wildman–Crippen LogP) is 3.52. The summed E-state index contributed by atoms with van der Waals surface area (Å²) in [7, 11) is 0. The second-order valence-corrected chi connectivity index (χ2v) is 7.65. The Balaban J connectivity index is 1.52. The van der Waals surface area contributed by atoms with E-state index in [4.69, 9.17) is 0 Å². The second-order valence-electron chi connectivity index (χ2n) is 7.65. The molecule has 152 valence electrons. The van der Waals surface area contributed by atoms with Gasteiger partial charge in [0.05, 0.1) is 23.5 Å². The molecule has 1 unspecified atom stereocenters. The van der Waals surface area contributed by atoms with Crippen molar-refractivity contribution in [2.24, 2.45) is 5.92 Å². The molecule has 0 saturated heterocycles. The molecule has 0 aliphatic rings. The fourth-order valence-corrected chi connectivity index (χ4v) is 3.27. The van der Waals surface area contributed by atoms with Gasteiger partial charge in [0.2, 0.25) is 11.8 Å². The zero-order valence-corrected chi connectivity index (χ0v) is 16.9. The summed E-state index contributed by atoms with van der Waals surface area (Å²) in [6.07, 6.45) is 1.33. The van der Waals surface area contributed by atoms with Crippen LogP contribution in [-0.4, -0.2) is 28.3 Å². The summed E-state index contributed by atoms with van der Waals surface area (Å²) in [4.78, 5) is 32.4. The summed E-state index contributed by atoms with van der Waals surface area (Å²) in [6, 6.07) is 17.2. The molecule has 0 saturated carbocycles. The fraction of sp³-hybridized carbons (Fsp3) is 0.348. The van der Waals surface area contributed by atoms with Gasteiger partial charge in [-0.1, -0.05) is 56.3 Å². The van der Waals surface area contributed by atoms with Gasteiger partial charge in [0, 0.05) is 13.0 Å². The van der Waals surface area contributed by atoms with Crippen molar-refractivity contribution in [2.75, 3.05) is 6.54 Å². The van der Waals surface area contributed by atoms with E-state index in [1.54, 1.807) is 0 Å². The lowest BCUT2D eigenvalue weighted by Crippen LogP contribution is -2.34. The average molecular weight is 393 g/mol. The Morgan fingerprint density at radius 3 is 2.45 bits per heavy atom. The van der Waals surface area contributed by atoms with Gasteiger partial charge in [-0.25, -0.2) is 4.98 Å². The van der Waals surface area contributed by atoms with Gasteiger partial charge < -0.3 is 15.6 Å². The van der Waals surface area contributed by atoms with Crippen LogP contribution >= 0.6 is 0 Å². The van der Waals surface area contributed by atoms with Crippen LogP contribution in [0.25, 0.3) is 11.0 Å². The van der Waals surface area contributed by atoms with Crippen molar-refractivity contribution in [3.05, 3.63) is 66.0 Å². The average Bonchev–Trinajstić information content (AvgIpc) is 3.12. The molecule has 2 amide bonds. The first-order valence-corrected chi connectivity index (χ1v) is 10.1. The summed E-state index contributed by atoms with van der Waals surface area (Å²) >= 11 is 0. The minimum atomic E-state index is -0.185. The van der Waals surface area contributed by atoms with Crippen molar-refractivity contribution in [3.63, 3.8) is 0 Å². The first kappa shape index (κ1) is 20.6. The highest BCUT2D eigenvalue weighted by Gasteiger charge is 2.19. The summed E-state index contributed by atoms with van der Waals surface area (Å²) < 4.78 is 0. The maximum Gasteiger partial charge on any atom is 0.224 e. The SMILES string of the molecule is CC(C)CC(NC(=O)CCNC(=O)Cc1ccccc1)c1nc2ccccc2[nH]1. The number of benzene rings is 2. The normalized spacial score (nSPS) is 12.1. The van der Waals surface area contributed by atoms with Gasteiger partial charge >= 0.3 is 0 Å². The maximum absolute atomic E-state index is 12.5. The second kappa shape index (κ2) is 9.87. The van der Waals surface area contributed by atoms with Crippen molar-refractivity contribution in [3.8, 4) is 0 Å². The van der Waals surface area contributed by atoms with Crippen LogP contribution in [0.5, 0.6) is 0 Å². The molecule has 0 spiro atoms. The molecule has 1 heterocycles. The summed E-state index contributed by atoms with van der Waals surface area (Å²) in [6.45, 7) is 4.54. The number of hydrogen-bond acceptors (Lipinski definition) is 3. The Morgan fingerprint density at radius 1 is 1.00 bits per heavy atom. The lowest BCUT2D eigenvalue weighted by atomic mass is 10.0. The highest BCUT2D eigenvalue weighted by atomic mass is 16.2. The van der Waals surface area contributed by atoms with Crippen molar-refractivity contribution in [2.45, 2.75) is 39.2 Å². The number of aromatic nitrogens is 2. The Labute approximate surface area is 171 Å². The van der Waals surface area contributed by atoms with Crippen molar-refractivity contribution >= 4 is 22.8 Å². The molecule has 3 N–H and O–H groups in total. The van der Waals surface area contributed by atoms with Crippen LogP contribution in [0, 0.1) is 5.92 Å². The van der Waals surface area contributed by atoms with Crippen LogP contribution in [0.1, 0.15) is 44.1 Å². The predicted molar refractivity (Wildman–Crippen MR) is 114 cm³/mol. The van der Waals surface area contributed by atoms with Crippen LogP contribution in [0.2, 0.25) is 0 Å². The van der Waals surface area contributed by atoms with Crippen molar-refractivity contribution < 1.29 is 9.59 Å². The Kier molecular flexibility index (Phi) is 7.00. The lowest BCUT2D eigenvalue weighted by molar-refractivity contribution is -0.122. The van der Waals surface area contributed by atoms with E-state index in [0.717, 1.165) is 28.8 Å².